The Bertz CT molecular complexity index is 1600. The van der Waals surface area contributed by atoms with E-state index < -0.39 is 9.84 Å². The summed E-state index contributed by atoms with van der Waals surface area (Å²) in [5.41, 5.74) is 4.35. The minimum atomic E-state index is -3.36. The predicted molar refractivity (Wildman–Crippen MR) is 138 cm³/mol. The normalized spacial score (nSPS) is 13.2. The highest BCUT2D eigenvalue weighted by Crippen LogP contribution is 2.39. The topological polar surface area (TPSA) is 103 Å². The van der Waals surface area contributed by atoms with E-state index in [1.165, 1.54) is 6.26 Å². The Kier molecular flexibility index (Phi) is 5.83. The summed E-state index contributed by atoms with van der Waals surface area (Å²) < 4.78 is 32.2. The fraction of sp³-hybridized carbons (Fsp3) is 0.296. The van der Waals surface area contributed by atoms with E-state index in [0.29, 0.717) is 28.1 Å². The van der Waals surface area contributed by atoms with Gasteiger partial charge in [0.15, 0.2) is 9.84 Å². The average molecular weight is 505 g/mol. The van der Waals surface area contributed by atoms with Crippen molar-refractivity contribution in [2.24, 2.45) is 0 Å². The largest absolute Gasteiger partial charge is 0.456 e. The number of sulfone groups is 1. The lowest BCUT2D eigenvalue weighted by Gasteiger charge is -2.26. The highest BCUT2D eigenvalue weighted by atomic mass is 32.2. The van der Waals surface area contributed by atoms with Gasteiger partial charge in [-0.1, -0.05) is 6.07 Å². The fourth-order valence-electron chi connectivity index (χ4n) is 4.31. The minimum absolute atomic E-state index is 0.0975. The second-order valence-corrected chi connectivity index (χ2v) is 12.1. The van der Waals surface area contributed by atoms with Crippen molar-refractivity contribution in [3.05, 3.63) is 71.7 Å². The molecule has 0 radical (unpaired) electrons. The Morgan fingerprint density at radius 1 is 1.08 bits per heavy atom. The summed E-state index contributed by atoms with van der Waals surface area (Å²) in [7, 11) is -3.36. The van der Waals surface area contributed by atoms with Crippen molar-refractivity contribution in [3.8, 4) is 11.5 Å². The number of nitrogens with one attached hydrogen (secondary N) is 1. The molecular formula is C27H28N4O4S. The zero-order chi connectivity index (χ0) is 25.7. The van der Waals surface area contributed by atoms with Crippen LogP contribution >= 0.6 is 0 Å². The number of rotatable bonds is 6. The van der Waals surface area contributed by atoms with Gasteiger partial charge in [0.25, 0.3) is 0 Å². The first-order valence-corrected chi connectivity index (χ1v) is 13.6. The van der Waals surface area contributed by atoms with E-state index in [1.807, 2.05) is 23.0 Å². The summed E-state index contributed by atoms with van der Waals surface area (Å²) in [6.07, 6.45) is 8.32. The number of benzene rings is 2. The van der Waals surface area contributed by atoms with Crippen LogP contribution in [0.25, 0.3) is 10.9 Å². The lowest BCUT2D eigenvalue weighted by Crippen LogP contribution is -2.22. The van der Waals surface area contributed by atoms with Crippen LogP contribution in [0.4, 0.5) is 5.69 Å². The number of fused-ring (bicyclic) bond motifs is 2. The molecule has 36 heavy (non-hydrogen) atoms. The van der Waals surface area contributed by atoms with E-state index in [9.17, 15) is 13.2 Å². The van der Waals surface area contributed by atoms with Gasteiger partial charge in [0.1, 0.15) is 11.5 Å². The number of carbonyl (C=O) groups is 1. The van der Waals surface area contributed by atoms with Gasteiger partial charge < -0.3 is 10.1 Å². The molecule has 2 heterocycles. The maximum Gasteiger partial charge on any atom is 0.228 e. The minimum Gasteiger partial charge on any atom is -0.456 e. The number of amides is 1. The molecule has 0 fully saturated rings. The molecule has 4 aromatic rings. The number of ether oxygens (including phenoxy) is 1. The Labute approximate surface area is 210 Å². The molecule has 1 N–H and O–H groups in total. The maximum atomic E-state index is 12.7. The number of hydrogen-bond acceptors (Lipinski definition) is 6. The maximum absolute atomic E-state index is 12.7. The molecule has 0 saturated heterocycles. The van der Waals surface area contributed by atoms with Crippen molar-refractivity contribution < 1.29 is 17.9 Å². The van der Waals surface area contributed by atoms with Crippen LogP contribution in [0.5, 0.6) is 11.5 Å². The fourth-order valence-corrected chi connectivity index (χ4v) is 4.96. The van der Waals surface area contributed by atoms with Crippen LogP contribution in [-0.4, -0.2) is 35.3 Å². The zero-order valence-corrected chi connectivity index (χ0v) is 21.5. The summed E-state index contributed by atoms with van der Waals surface area (Å²) >= 11 is 0. The van der Waals surface area contributed by atoms with Gasteiger partial charge in [-0.3, -0.25) is 14.5 Å². The van der Waals surface area contributed by atoms with Crippen LogP contribution in [0.1, 0.15) is 37.5 Å². The molecule has 1 amide bonds. The Balaban J connectivity index is 1.36. The van der Waals surface area contributed by atoms with Crippen molar-refractivity contribution in [1.82, 2.24) is 14.8 Å². The van der Waals surface area contributed by atoms with Crippen LogP contribution in [0, 0.1) is 0 Å². The molecule has 2 aromatic carbocycles. The van der Waals surface area contributed by atoms with E-state index in [4.69, 9.17) is 4.74 Å². The lowest BCUT2D eigenvalue weighted by molar-refractivity contribution is -0.115. The number of nitrogens with zero attached hydrogens (tertiary/aromatic N) is 3. The van der Waals surface area contributed by atoms with Crippen molar-refractivity contribution in [2.75, 3.05) is 11.6 Å². The predicted octanol–water partition coefficient (Wildman–Crippen LogP) is 4.66. The van der Waals surface area contributed by atoms with Crippen LogP contribution in [-0.2, 0) is 39.4 Å². The van der Waals surface area contributed by atoms with Crippen LogP contribution in [0.15, 0.2) is 59.9 Å². The Morgan fingerprint density at radius 3 is 2.53 bits per heavy atom. The SMILES string of the molecule is CC(C)(C)n1cc(NC(=O)Cc2ccc(Oc3ccnc4ccc(S(C)(=O)=O)cc34)c3c2CC3)cn1. The van der Waals surface area contributed by atoms with Gasteiger partial charge in [-0.05, 0) is 80.6 Å². The first kappa shape index (κ1) is 24.0. The summed E-state index contributed by atoms with van der Waals surface area (Å²) in [6.45, 7) is 6.15. The number of hydrogen-bond donors (Lipinski definition) is 1. The zero-order valence-electron chi connectivity index (χ0n) is 20.7. The molecule has 0 aliphatic heterocycles. The second kappa shape index (κ2) is 8.74. The highest BCUT2D eigenvalue weighted by molar-refractivity contribution is 7.90. The Morgan fingerprint density at radius 2 is 1.86 bits per heavy atom. The van der Waals surface area contributed by atoms with E-state index in [2.05, 4.69) is 36.2 Å². The van der Waals surface area contributed by atoms with E-state index in [1.54, 1.807) is 36.7 Å². The van der Waals surface area contributed by atoms with Gasteiger partial charge in [0, 0.05) is 24.0 Å². The third kappa shape index (κ3) is 4.70. The third-order valence-corrected chi connectivity index (χ3v) is 7.45. The molecule has 0 atom stereocenters. The highest BCUT2D eigenvalue weighted by Gasteiger charge is 2.24. The molecule has 0 saturated carbocycles. The molecule has 2 aromatic heterocycles. The first-order chi connectivity index (χ1) is 17.0. The molecule has 9 heteroatoms. The summed E-state index contributed by atoms with van der Waals surface area (Å²) in [5.74, 6) is 1.16. The van der Waals surface area contributed by atoms with E-state index in [-0.39, 0.29) is 22.8 Å². The van der Waals surface area contributed by atoms with Gasteiger partial charge in [0.2, 0.25) is 5.91 Å². The van der Waals surface area contributed by atoms with E-state index >= 15 is 0 Å². The van der Waals surface area contributed by atoms with Crippen molar-refractivity contribution in [2.45, 2.75) is 50.5 Å². The van der Waals surface area contributed by atoms with Gasteiger partial charge in [-0.15, -0.1) is 0 Å². The van der Waals surface area contributed by atoms with Crippen molar-refractivity contribution in [3.63, 3.8) is 0 Å². The molecule has 0 bridgehead atoms. The van der Waals surface area contributed by atoms with Gasteiger partial charge in [0.05, 0.1) is 34.3 Å². The molecule has 5 rings (SSSR count). The quantitative estimate of drug-likeness (QED) is 0.410. The number of carbonyl (C=O) groups excluding carboxylic acids is 1. The van der Waals surface area contributed by atoms with Gasteiger partial charge in [-0.2, -0.15) is 5.10 Å². The smallest absolute Gasteiger partial charge is 0.228 e. The van der Waals surface area contributed by atoms with Crippen LogP contribution in [0.2, 0.25) is 0 Å². The van der Waals surface area contributed by atoms with Gasteiger partial charge in [-0.25, -0.2) is 8.42 Å². The number of aromatic nitrogens is 3. The molecule has 186 valence electrons. The number of anilines is 1. The molecule has 0 unspecified atom stereocenters. The van der Waals surface area contributed by atoms with Gasteiger partial charge >= 0.3 is 0 Å². The van der Waals surface area contributed by atoms with Crippen LogP contribution in [0.3, 0.4) is 0 Å². The monoisotopic (exact) mass is 504 g/mol. The molecule has 1 aliphatic carbocycles. The summed E-state index contributed by atoms with van der Waals surface area (Å²) in [4.78, 5) is 17.3. The standard InChI is InChI=1S/C27H28N4O4S/c1-27(2,3)31-16-18(15-29-31)30-26(32)13-17-5-10-24(21-8-7-20(17)21)35-25-11-12-28-23-9-6-19(14-22(23)25)36(4,33)34/h5-6,9-12,14-16H,7-8,13H2,1-4H3,(H,30,32). The molecule has 1 aliphatic rings. The second-order valence-electron chi connectivity index (χ2n) is 10.1. The van der Waals surface area contributed by atoms with Crippen LogP contribution < -0.4 is 10.1 Å². The lowest BCUT2D eigenvalue weighted by atomic mass is 9.83. The number of pyridine rings is 1. The molecule has 0 spiro atoms. The molecule has 8 nitrogen and oxygen atoms in total. The average Bonchev–Trinajstić information content (AvgIpc) is 3.24. The third-order valence-electron chi connectivity index (χ3n) is 6.34. The van der Waals surface area contributed by atoms with Crippen molar-refractivity contribution in [1.29, 1.82) is 0 Å². The summed E-state index contributed by atoms with van der Waals surface area (Å²) in [5, 5.41) is 7.90. The van der Waals surface area contributed by atoms with E-state index in [0.717, 1.165) is 29.5 Å². The first-order valence-electron chi connectivity index (χ1n) is 11.7. The molecular weight excluding hydrogens is 476 g/mol. The Hall–Kier alpha value is -3.72. The van der Waals surface area contributed by atoms with Crippen molar-refractivity contribution >= 4 is 32.3 Å². The summed E-state index contributed by atoms with van der Waals surface area (Å²) in [6, 6.07) is 10.4.